The Morgan fingerprint density at radius 1 is 0.727 bits per heavy atom. The molecule has 0 unspecified atom stereocenters. The van der Waals surface area contributed by atoms with Gasteiger partial charge in [-0.25, -0.2) is 0 Å². The maximum Gasteiger partial charge on any atom is 0.321 e. The summed E-state index contributed by atoms with van der Waals surface area (Å²) in [4.78, 5) is 24.9. The summed E-state index contributed by atoms with van der Waals surface area (Å²) in [7, 11) is 0. The fourth-order valence-corrected chi connectivity index (χ4v) is 2.40. The highest BCUT2D eigenvalue weighted by atomic mass is 16.6. The highest BCUT2D eigenvalue weighted by Crippen LogP contribution is 2.29. The third-order valence-electron chi connectivity index (χ3n) is 5.07. The summed E-state index contributed by atoms with van der Waals surface area (Å²) in [6.07, 6.45) is 3.36. The van der Waals surface area contributed by atoms with Crippen LogP contribution in [0.4, 0.5) is 0 Å². The van der Waals surface area contributed by atoms with Gasteiger partial charge in [-0.2, -0.15) is 0 Å². The van der Waals surface area contributed by atoms with Gasteiger partial charge in [0.25, 0.3) is 0 Å². The van der Waals surface area contributed by atoms with Crippen LogP contribution < -0.4 is 9.47 Å². The lowest BCUT2D eigenvalue weighted by Crippen LogP contribution is -2.39. The van der Waals surface area contributed by atoms with E-state index in [2.05, 4.69) is 0 Å². The zero-order valence-electron chi connectivity index (χ0n) is 18.4. The number of carbonyl (C=O) groups excluding carboxylic acids is 2. The molecule has 0 spiro atoms. The molecule has 9 nitrogen and oxygen atoms in total. The molecule has 0 bridgehead atoms. The quantitative estimate of drug-likeness (QED) is 0.201. The first-order valence-corrected chi connectivity index (χ1v) is 10.1. The number of hydrogen-bond donors (Lipinski definition) is 5. The van der Waals surface area contributed by atoms with Crippen LogP contribution in [0.5, 0.6) is 17.2 Å². The van der Waals surface area contributed by atoms with Crippen molar-refractivity contribution in [2.45, 2.75) is 13.8 Å². The van der Waals surface area contributed by atoms with Crippen molar-refractivity contribution >= 4 is 24.1 Å². The van der Waals surface area contributed by atoms with Crippen molar-refractivity contribution in [2.24, 2.45) is 10.8 Å². The Bertz CT molecular complexity index is 937. The molecule has 0 amide bonds. The molecule has 0 saturated heterocycles. The molecule has 5 N–H and O–H groups in total. The molecular weight excluding hydrogens is 432 g/mol. The first-order chi connectivity index (χ1) is 15.6. The number of aliphatic hydroxyl groups is 4. The lowest BCUT2D eigenvalue weighted by molar-refractivity contribution is -0.150. The SMILES string of the molecule is CC(CO)(CO)C(=O)Oc1cc(C=Cc2ccc(O)cc2)cc(OC(=O)C(C)(CO)CO)c1. The summed E-state index contributed by atoms with van der Waals surface area (Å²) in [6, 6.07) is 10.6. The van der Waals surface area contributed by atoms with Gasteiger partial charge >= 0.3 is 11.9 Å². The highest BCUT2D eigenvalue weighted by molar-refractivity contribution is 5.81. The van der Waals surface area contributed by atoms with Crippen LogP contribution >= 0.6 is 0 Å². The van der Waals surface area contributed by atoms with Crippen LogP contribution in [0.2, 0.25) is 0 Å². The second-order valence-electron chi connectivity index (χ2n) is 8.20. The number of hydrogen-bond acceptors (Lipinski definition) is 9. The number of esters is 2. The van der Waals surface area contributed by atoms with Gasteiger partial charge in [-0.1, -0.05) is 24.3 Å². The standard InChI is InChI=1S/C24H28O9/c1-23(12-25,13-26)21(30)32-19-9-17(4-3-16-5-7-18(29)8-6-16)10-20(11-19)33-22(31)24(2,14-27)15-28/h3-11,25-29H,12-15H2,1-2H3. The number of rotatable bonds is 10. The van der Waals surface area contributed by atoms with Gasteiger partial charge in [0.2, 0.25) is 0 Å². The Morgan fingerprint density at radius 2 is 1.12 bits per heavy atom. The predicted molar refractivity (Wildman–Crippen MR) is 119 cm³/mol. The number of ether oxygens (including phenoxy) is 2. The summed E-state index contributed by atoms with van der Waals surface area (Å²) in [6.45, 7) is 0.0927. The molecule has 9 heteroatoms. The van der Waals surface area contributed by atoms with Crippen LogP contribution in [-0.4, -0.2) is 63.9 Å². The summed E-state index contributed by atoms with van der Waals surface area (Å²) >= 11 is 0. The number of phenolic OH excluding ortho intramolecular Hbond substituents is 1. The molecule has 0 radical (unpaired) electrons. The molecule has 2 aromatic carbocycles. The molecule has 0 aliphatic rings. The molecule has 0 aliphatic carbocycles. The molecule has 0 aromatic heterocycles. The number of phenols is 1. The minimum Gasteiger partial charge on any atom is -0.508 e. The second kappa shape index (κ2) is 11.1. The Kier molecular flexibility index (Phi) is 8.72. The van der Waals surface area contributed by atoms with Crippen molar-refractivity contribution in [3.05, 3.63) is 53.6 Å². The summed E-state index contributed by atoms with van der Waals surface area (Å²) < 4.78 is 10.6. The maximum absolute atomic E-state index is 12.4. The fourth-order valence-electron chi connectivity index (χ4n) is 2.40. The van der Waals surface area contributed by atoms with Crippen molar-refractivity contribution < 1.29 is 44.6 Å². The first-order valence-electron chi connectivity index (χ1n) is 10.1. The van der Waals surface area contributed by atoms with Gasteiger partial charge in [0.05, 0.1) is 26.4 Å². The van der Waals surface area contributed by atoms with Gasteiger partial charge in [0, 0.05) is 6.07 Å². The van der Waals surface area contributed by atoms with E-state index in [1.165, 1.54) is 44.2 Å². The fraction of sp³-hybridized carbons (Fsp3) is 0.333. The van der Waals surface area contributed by atoms with Crippen LogP contribution in [0, 0.1) is 10.8 Å². The van der Waals surface area contributed by atoms with Crippen LogP contribution in [0.25, 0.3) is 12.2 Å². The monoisotopic (exact) mass is 460 g/mol. The molecule has 2 aromatic rings. The Hall–Kier alpha value is -3.24. The predicted octanol–water partition coefficient (Wildman–Crippen LogP) is 1.36. The van der Waals surface area contributed by atoms with Gasteiger partial charge in [0.15, 0.2) is 0 Å². The molecule has 0 fully saturated rings. The zero-order chi connectivity index (χ0) is 24.6. The van der Waals surface area contributed by atoms with Crippen LogP contribution in [0.15, 0.2) is 42.5 Å². The molecule has 0 aliphatic heterocycles. The van der Waals surface area contributed by atoms with Crippen molar-refractivity contribution in [1.29, 1.82) is 0 Å². The number of benzene rings is 2. The van der Waals surface area contributed by atoms with Crippen molar-refractivity contribution in [3.63, 3.8) is 0 Å². The van der Waals surface area contributed by atoms with E-state index in [0.29, 0.717) is 5.56 Å². The van der Waals surface area contributed by atoms with E-state index < -0.39 is 49.2 Å². The molecule has 2 rings (SSSR count). The lowest BCUT2D eigenvalue weighted by Gasteiger charge is -2.23. The largest absolute Gasteiger partial charge is 0.508 e. The van der Waals surface area contributed by atoms with E-state index >= 15 is 0 Å². The molecule has 0 saturated carbocycles. The summed E-state index contributed by atoms with van der Waals surface area (Å²) in [5.74, 6) is -1.70. The number of aromatic hydroxyl groups is 1. The van der Waals surface area contributed by atoms with Gasteiger partial charge < -0.3 is 35.0 Å². The molecule has 0 atom stereocenters. The normalized spacial score (nSPS) is 12.1. The highest BCUT2D eigenvalue weighted by Gasteiger charge is 2.35. The van der Waals surface area contributed by atoms with E-state index in [9.17, 15) is 35.1 Å². The average Bonchev–Trinajstić information content (AvgIpc) is 2.82. The smallest absolute Gasteiger partial charge is 0.321 e. The third-order valence-corrected chi connectivity index (χ3v) is 5.07. The average molecular weight is 460 g/mol. The zero-order valence-corrected chi connectivity index (χ0v) is 18.4. The second-order valence-corrected chi connectivity index (χ2v) is 8.20. The van der Waals surface area contributed by atoms with Crippen LogP contribution in [-0.2, 0) is 9.59 Å². The Morgan fingerprint density at radius 3 is 1.52 bits per heavy atom. The van der Waals surface area contributed by atoms with E-state index in [4.69, 9.17) is 9.47 Å². The lowest BCUT2D eigenvalue weighted by atomic mass is 9.93. The van der Waals surface area contributed by atoms with E-state index in [1.54, 1.807) is 24.3 Å². The first kappa shape index (κ1) is 26.0. The van der Waals surface area contributed by atoms with Gasteiger partial charge in [0.1, 0.15) is 28.1 Å². The van der Waals surface area contributed by atoms with Crippen molar-refractivity contribution in [2.75, 3.05) is 26.4 Å². The van der Waals surface area contributed by atoms with Gasteiger partial charge in [-0.3, -0.25) is 9.59 Å². The van der Waals surface area contributed by atoms with Gasteiger partial charge in [-0.15, -0.1) is 0 Å². The van der Waals surface area contributed by atoms with Crippen molar-refractivity contribution in [1.82, 2.24) is 0 Å². The van der Waals surface area contributed by atoms with E-state index in [0.717, 1.165) is 5.56 Å². The number of aliphatic hydroxyl groups excluding tert-OH is 4. The number of carbonyl (C=O) groups is 2. The Balaban J connectivity index is 2.40. The van der Waals surface area contributed by atoms with Crippen LogP contribution in [0.1, 0.15) is 25.0 Å². The topological polar surface area (TPSA) is 154 Å². The van der Waals surface area contributed by atoms with E-state index in [1.807, 2.05) is 0 Å². The van der Waals surface area contributed by atoms with Crippen molar-refractivity contribution in [3.8, 4) is 17.2 Å². The molecule has 33 heavy (non-hydrogen) atoms. The van der Waals surface area contributed by atoms with Crippen LogP contribution in [0.3, 0.4) is 0 Å². The summed E-state index contributed by atoms with van der Waals surface area (Å²) in [5, 5.41) is 47.1. The Labute approximate surface area is 191 Å². The minimum atomic E-state index is -1.54. The van der Waals surface area contributed by atoms with Gasteiger partial charge in [-0.05, 0) is 49.2 Å². The minimum absolute atomic E-state index is 0.0153. The summed E-state index contributed by atoms with van der Waals surface area (Å²) in [5.41, 5.74) is -1.85. The molecule has 0 heterocycles. The molecule has 178 valence electrons. The maximum atomic E-state index is 12.4. The van der Waals surface area contributed by atoms with E-state index in [-0.39, 0.29) is 17.2 Å². The third kappa shape index (κ3) is 6.62. The molecular formula is C24H28O9.